The summed E-state index contributed by atoms with van der Waals surface area (Å²) in [6.45, 7) is 7.48. The first kappa shape index (κ1) is 23.4. The zero-order chi connectivity index (χ0) is 22.3. The van der Waals surface area contributed by atoms with Gasteiger partial charge >= 0.3 is 6.18 Å². The van der Waals surface area contributed by atoms with Crippen molar-refractivity contribution in [3.05, 3.63) is 81.5 Å². The second kappa shape index (κ2) is 10.3. The third-order valence-corrected chi connectivity index (χ3v) is 4.66. The van der Waals surface area contributed by atoms with E-state index >= 15 is 0 Å². The first-order chi connectivity index (χ1) is 14.1. The molecule has 0 aliphatic heterocycles. The molecule has 0 atom stereocenters. The van der Waals surface area contributed by atoms with Gasteiger partial charge in [-0.25, -0.2) is 4.39 Å². The highest BCUT2D eigenvalue weighted by Crippen LogP contribution is 2.30. The van der Waals surface area contributed by atoms with E-state index < -0.39 is 17.3 Å². The smallest absolute Gasteiger partial charge is 0.417 e. The molecule has 0 unspecified atom stereocenters. The lowest BCUT2D eigenvalue weighted by Crippen LogP contribution is -2.13. The lowest BCUT2D eigenvalue weighted by molar-refractivity contribution is -0.137. The molecule has 1 heterocycles. The van der Waals surface area contributed by atoms with E-state index in [0.717, 1.165) is 24.5 Å². The molecule has 30 heavy (non-hydrogen) atoms. The standard InChI is InChI=1S/C16H19FO.C7H6F3NO/c1-3-18-12(2)15-11-14(9-10-16(15)17)13-7-5-4-6-8-13;1-4-2-5(7(8,9)10)3-11-6(4)12/h7,9-11H,2-6,8H2,1H3;2-3H,1H3,(H,11,12). The Morgan fingerprint density at radius 1 is 1.23 bits per heavy atom. The van der Waals surface area contributed by atoms with Crippen LogP contribution in [0.2, 0.25) is 0 Å². The summed E-state index contributed by atoms with van der Waals surface area (Å²) in [5, 5.41) is 0. The molecule has 0 fully saturated rings. The van der Waals surface area contributed by atoms with Crippen molar-refractivity contribution in [3.63, 3.8) is 0 Å². The van der Waals surface area contributed by atoms with Crippen LogP contribution in [0, 0.1) is 12.7 Å². The van der Waals surface area contributed by atoms with Gasteiger partial charge < -0.3 is 9.72 Å². The van der Waals surface area contributed by atoms with Gasteiger partial charge in [0.2, 0.25) is 0 Å². The maximum absolute atomic E-state index is 13.8. The van der Waals surface area contributed by atoms with Crippen molar-refractivity contribution in [1.29, 1.82) is 0 Å². The number of nitrogens with one attached hydrogen (secondary N) is 1. The summed E-state index contributed by atoms with van der Waals surface area (Å²) < 4.78 is 55.0. The summed E-state index contributed by atoms with van der Waals surface area (Å²) in [6.07, 6.45) is 3.18. The molecule has 3 nitrogen and oxygen atoms in total. The van der Waals surface area contributed by atoms with E-state index in [0.29, 0.717) is 24.1 Å². The van der Waals surface area contributed by atoms with Gasteiger partial charge in [0.25, 0.3) is 5.56 Å². The molecule has 0 radical (unpaired) electrons. The number of allylic oxidation sites excluding steroid dienone is 2. The Hall–Kier alpha value is -2.83. The third-order valence-electron chi connectivity index (χ3n) is 4.66. The van der Waals surface area contributed by atoms with Crippen LogP contribution in [0.5, 0.6) is 0 Å². The van der Waals surface area contributed by atoms with Crippen LogP contribution in [0.1, 0.15) is 54.9 Å². The predicted octanol–water partition coefficient (Wildman–Crippen LogP) is 6.49. The highest BCUT2D eigenvalue weighted by atomic mass is 19.4. The topological polar surface area (TPSA) is 42.1 Å². The highest BCUT2D eigenvalue weighted by Gasteiger charge is 2.30. The molecular weight excluding hydrogens is 398 g/mol. The summed E-state index contributed by atoms with van der Waals surface area (Å²) in [5.74, 6) is 0.141. The monoisotopic (exact) mass is 423 g/mol. The number of aromatic amines is 1. The van der Waals surface area contributed by atoms with Gasteiger partial charge in [-0.05, 0) is 68.9 Å². The number of alkyl halides is 3. The summed E-state index contributed by atoms with van der Waals surface area (Å²) >= 11 is 0. The molecule has 3 rings (SSSR count). The number of halogens is 4. The summed E-state index contributed by atoms with van der Waals surface area (Å²) in [4.78, 5) is 12.7. The van der Waals surface area contributed by atoms with Crippen molar-refractivity contribution in [1.82, 2.24) is 4.98 Å². The predicted molar refractivity (Wildman–Crippen MR) is 110 cm³/mol. The molecule has 7 heteroatoms. The second-order valence-corrected chi connectivity index (χ2v) is 6.92. The average Bonchev–Trinajstić information content (AvgIpc) is 2.71. The molecule has 1 aliphatic carbocycles. The van der Waals surface area contributed by atoms with Crippen molar-refractivity contribution < 1.29 is 22.3 Å². The fourth-order valence-corrected chi connectivity index (χ4v) is 3.05. The largest absolute Gasteiger partial charge is 0.494 e. The van der Waals surface area contributed by atoms with Gasteiger partial charge in [0.05, 0.1) is 17.7 Å². The number of hydrogen-bond donors (Lipinski definition) is 1. The van der Waals surface area contributed by atoms with Gasteiger partial charge in [0.1, 0.15) is 11.6 Å². The molecule has 0 saturated heterocycles. The van der Waals surface area contributed by atoms with E-state index in [1.807, 2.05) is 24.0 Å². The summed E-state index contributed by atoms with van der Waals surface area (Å²) in [7, 11) is 0. The van der Waals surface area contributed by atoms with Crippen molar-refractivity contribution in [2.45, 2.75) is 45.7 Å². The van der Waals surface area contributed by atoms with Crippen molar-refractivity contribution in [2.24, 2.45) is 0 Å². The van der Waals surface area contributed by atoms with E-state index in [-0.39, 0.29) is 11.4 Å². The Kier molecular flexibility index (Phi) is 8.03. The first-order valence-corrected chi connectivity index (χ1v) is 9.71. The van der Waals surface area contributed by atoms with Crippen molar-refractivity contribution in [3.8, 4) is 0 Å². The molecule has 162 valence electrons. The number of H-pyrrole nitrogens is 1. The molecule has 1 aromatic heterocycles. The number of aryl methyl sites for hydroxylation is 1. The lowest BCUT2D eigenvalue weighted by atomic mass is 9.92. The molecule has 0 spiro atoms. The molecule has 0 amide bonds. The Morgan fingerprint density at radius 3 is 2.53 bits per heavy atom. The van der Waals surface area contributed by atoms with Crippen LogP contribution in [0.4, 0.5) is 17.6 Å². The van der Waals surface area contributed by atoms with Gasteiger partial charge in [-0.3, -0.25) is 4.79 Å². The first-order valence-electron chi connectivity index (χ1n) is 9.71. The van der Waals surface area contributed by atoms with Crippen LogP contribution >= 0.6 is 0 Å². The van der Waals surface area contributed by atoms with E-state index in [4.69, 9.17) is 4.74 Å². The van der Waals surface area contributed by atoms with E-state index in [1.54, 1.807) is 0 Å². The van der Waals surface area contributed by atoms with Gasteiger partial charge in [0, 0.05) is 11.8 Å². The number of ether oxygens (including phenoxy) is 1. The van der Waals surface area contributed by atoms with Crippen LogP contribution in [0.3, 0.4) is 0 Å². The molecule has 0 bridgehead atoms. The number of benzene rings is 1. The minimum Gasteiger partial charge on any atom is -0.494 e. The number of pyridine rings is 1. The average molecular weight is 423 g/mol. The molecule has 1 aromatic carbocycles. The molecule has 1 N–H and O–H groups in total. The molecule has 2 aromatic rings. The lowest BCUT2D eigenvalue weighted by Gasteiger charge is -2.15. The minimum atomic E-state index is -4.39. The van der Waals surface area contributed by atoms with Crippen LogP contribution in [-0.2, 0) is 10.9 Å². The van der Waals surface area contributed by atoms with E-state index in [1.165, 1.54) is 31.4 Å². The maximum atomic E-state index is 13.8. The third kappa shape index (κ3) is 6.34. The summed E-state index contributed by atoms with van der Waals surface area (Å²) in [5.41, 5.74) is 1.60. The van der Waals surface area contributed by atoms with Crippen molar-refractivity contribution in [2.75, 3.05) is 6.61 Å². The normalized spacial score (nSPS) is 13.7. The Morgan fingerprint density at radius 2 is 1.97 bits per heavy atom. The van der Waals surface area contributed by atoms with Gasteiger partial charge in [-0.1, -0.05) is 18.7 Å². The number of hydrogen-bond acceptors (Lipinski definition) is 2. The number of rotatable bonds is 4. The SMILES string of the molecule is C=C(OCC)c1cc(C2=CCCCC2)ccc1F.Cc1cc(C(F)(F)F)c[nH]c1=O. The molecule has 0 saturated carbocycles. The van der Waals surface area contributed by atoms with E-state index in [2.05, 4.69) is 12.7 Å². The number of aromatic nitrogens is 1. The Bertz CT molecular complexity index is 974. The quantitative estimate of drug-likeness (QED) is 0.451. The second-order valence-electron chi connectivity index (χ2n) is 6.92. The fraction of sp³-hybridized carbons (Fsp3) is 0.348. The van der Waals surface area contributed by atoms with Crippen LogP contribution in [-0.4, -0.2) is 11.6 Å². The van der Waals surface area contributed by atoms with Crippen LogP contribution in [0.15, 0.2) is 47.9 Å². The van der Waals surface area contributed by atoms with E-state index in [9.17, 15) is 22.4 Å². The van der Waals surface area contributed by atoms with Crippen molar-refractivity contribution >= 4 is 11.3 Å². The highest BCUT2D eigenvalue weighted by molar-refractivity contribution is 5.70. The summed E-state index contributed by atoms with van der Waals surface area (Å²) in [6, 6.07) is 6.02. The van der Waals surface area contributed by atoms with Crippen LogP contribution in [0.25, 0.3) is 11.3 Å². The molecule has 1 aliphatic rings. The van der Waals surface area contributed by atoms with Gasteiger partial charge in [-0.2, -0.15) is 13.2 Å². The van der Waals surface area contributed by atoms with Gasteiger partial charge in [-0.15, -0.1) is 0 Å². The fourth-order valence-electron chi connectivity index (χ4n) is 3.05. The van der Waals surface area contributed by atoms with Gasteiger partial charge in [0.15, 0.2) is 0 Å². The zero-order valence-electron chi connectivity index (χ0n) is 17.0. The zero-order valence-corrected chi connectivity index (χ0v) is 17.0. The Balaban J connectivity index is 0.000000232. The van der Waals surface area contributed by atoms with Crippen LogP contribution < -0.4 is 5.56 Å². The minimum absolute atomic E-state index is 0.0600. The molecular formula is C23H25F4NO2. The Labute approximate surface area is 173 Å². The maximum Gasteiger partial charge on any atom is 0.417 e.